The van der Waals surface area contributed by atoms with E-state index < -0.39 is 33.0 Å². The number of hydrogen-bond acceptors (Lipinski definition) is 5. The maximum absolute atomic E-state index is 13.4. The first-order valence-electron chi connectivity index (χ1n) is 6.40. The number of halogens is 2. The number of thioether (sulfide) groups is 1. The third-order valence-electron chi connectivity index (χ3n) is 2.67. The standard InChI is InChI=1S/C13H14F2N2O2S3/c14-11-3-1-4-12(15)10(11)9-22(18,19)17-5-2-7-20-13-16-6-8-21-13/h1,3-4,6,8,17H,2,5,7,9H2. The van der Waals surface area contributed by atoms with Gasteiger partial charge in [-0.25, -0.2) is 26.9 Å². The van der Waals surface area contributed by atoms with Crippen LogP contribution in [0.5, 0.6) is 0 Å². The van der Waals surface area contributed by atoms with Crippen LogP contribution in [-0.2, 0) is 15.8 Å². The first kappa shape index (κ1) is 17.3. The molecule has 0 saturated heterocycles. The van der Waals surface area contributed by atoms with E-state index in [0.717, 1.165) is 16.5 Å². The summed E-state index contributed by atoms with van der Waals surface area (Å²) in [4.78, 5) is 4.10. The Morgan fingerprint density at radius 3 is 2.64 bits per heavy atom. The number of thiazole rings is 1. The fourth-order valence-corrected chi connectivity index (χ4v) is 4.51. The number of rotatable bonds is 8. The van der Waals surface area contributed by atoms with Gasteiger partial charge in [0, 0.05) is 29.4 Å². The molecule has 0 amide bonds. The van der Waals surface area contributed by atoms with Crippen molar-refractivity contribution in [1.82, 2.24) is 9.71 Å². The van der Waals surface area contributed by atoms with Crippen LogP contribution in [0, 0.1) is 11.6 Å². The average Bonchev–Trinajstić information content (AvgIpc) is 2.96. The van der Waals surface area contributed by atoms with Crippen molar-refractivity contribution in [3.63, 3.8) is 0 Å². The molecule has 120 valence electrons. The number of benzene rings is 1. The molecule has 0 unspecified atom stereocenters. The fraction of sp³-hybridized carbons (Fsp3) is 0.308. The molecule has 0 saturated carbocycles. The average molecular weight is 364 g/mol. The molecule has 1 N–H and O–H groups in total. The molecule has 0 spiro atoms. The van der Waals surface area contributed by atoms with Gasteiger partial charge in [-0.15, -0.1) is 11.3 Å². The van der Waals surface area contributed by atoms with Crippen LogP contribution in [0.4, 0.5) is 8.78 Å². The summed E-state index contributed by atoms with van der Waals surface area (Å²) in [5.74, 6) is -1.70. The van der Waals surface area contributed by atoms with Crippen LogP contribution in [0.3, 0.4) is 0 Å². The van der Waals surface area contributed by atoms with E-state index in [1.807, 2.05) is 5.38 Å². The predicted octanol–water partition coefficient (Wildman–Crippen LogP) is 3.02. The Labute approximate surface area is 136 Å². The van der Waals surface area contributed by atoms with E-state index in [0.29, 0.717) is 12.2 Å². The van der Waals surface area contributed by atoms with E-state index in [2.05, 4.69) is 9.71 Å². The molecular weight excluding hydrogens is 350 g/mol. The molecule has 0 radical (unpaired) electrons. The third-order valence-corrected chi connectivity index (χ3v) is 6.04. The second-order valence-electron chi connectivity index (χ2n) is 4.35. The van der Waals surface area contributed by atoms with Gasteiger partial charge in [-0.1, -0.05) is 17.8 Å². The van der Waals surface area contributed by atoms with E-state index >= 15 is 0 Å². The summed E-state index contributed by atoms with van der Waals surface area (Å²) in [5, 5.41) is 1.87. The lowest BCUT2D eigenvalue weighted by Gasteiger charge is -2.08. The van der Waals surface area contributed by atoms with Gasteiger partial charge in [-0.2, -0.15) is 0 Å². The number of nitrogens with zero attached hydrogens (tertiary/aromatic N) is 1. The highest BCUT2D eigenvalue weighted by Gasteiger charge is 2.17. The monoisotopic (exact) mass is 364 g/mol. The molecule has 4 nitrogen and oxygen atoms in total. The molecule has 0 aliphatic carbocycles. The van der Waals surface area contributed by atoms with Gasteiger partial charge in [0.25, 0.3) is 0 Å². The van der Waals surface area contributed by atoms with Crippen molar-refractivity contribution >= 4 is 33.1 Å². The first-order valence-corrected chi connectivity index (χ1v) is 9.92. The van der Waals surface area contributed by atoms with Gasteiger partial charge in [-0.05, 0) is 18.6 Å². The van der Waals surface area contributed by atoms with Crippen LogP contribution in [0.25, 0.3) is 0 Å². The van der Waals surface area contributed by atoms with Gasteiger partial charge in [-0.3, -0.25) is 0 Å². The first-order chi connectivity index (χ1) is 10.5. The molecule has 0 aliphatic rings. The lowest BCUT2D eigenvalue weighted by Crippen LogP contribution is -2.27. The lowest BCUT2D eigenvalue weighted by molar-refractivity contribution is 0.551. The quantitative estimate of drug-likeness (QED) is 0.578. The second-order valence-corrected chi connectivity index (χ2v) is 8.40. The minimum atomic E-state index is -3.77. The van der Waals surface area contributed by atoms with Crippen molar-refractivity contribution in [1.29, 1.82) is 0 Å². The zero-order chi connectivity index (χ0) is 16.0. The van der Waals surface area contributed by atoms with E-state index in [9.17, 15) is 17.2 Å². The Hall–Kier alpha value is -1.03. The van der Waals surface area contributed by atoms with Crippen LogP contribution < -0.4 is 4.72 Å². The summed E-state index contributed by atoms with van der Waals surface area (Å²) in [6, 6.07) is 3.28. The highest BCUT2D eigenvalue weighted by Crippen LogP contribution is 2.20. The van der Waals surface area contributed by atoms with Gasteiger partial charge in [0.05, 0.1) is 5.75 Å². The highest BCUT2D eigenvalue weighted by molar-refractivity contribution is 8.01. The minimum absolute atomic E-state index is 0.219. The van der Waals surface area contributed by atoms with Crippen LogP contribution in [0.1, 0.15) is 12.0 Å². The molecule has 1 aromatic heterocycles. The third kappa shape index (κ3) is 5.31. The van der Waals surface area contributed by atoms with Gasteiger partial charge in [0.2, 0.25) is 10.0 Å². The fourth-order valence-electron chi connectivity index (χ4n) is 1.65. The van der Waals surface area contributed by atoms with Gasteiger partial charge in [0.1, 0.15) is 16.0 Å². The number of sulfonamides is 1. The summed E-state index contributed by atoms with van der Waals surface area (Å²) in [6.45, 7) is 0.219. The maximum atomic E-state index is 13.4. The van der Waals surface area contributed by atoms with E-state index in [1.165, 1.54) is 29.2 Å². The van der Waals surface area contributed by atoms with E-state index in [-0.39, 0.29) is 6.54 Å². The van der Waals surface area contributed by atoms with Crippen LogP contribution in [0.15, 0.2) is 34.1 Å². The molecule has 9 heteroatoms. The minimum Gasteiger partial charge on any atom is -0.238 e. The van der Waals surface area contributed by atoms with Gasteiger partial charge >= 0.3 is 0 Å². The van der Waals surface area contributed by atoms with Crippen molar-refractivity contribution in [2.45, 2.75) is 16.5 Å². The molecular formula is C13H14F2N2O2S3. The Balaban J connectivity index is 1.79. The number of nitrogens with one attached hydrogen (secondary N) is 1. The van der Waals surface area contributed by atoms with Gasteiger partial charge in [0.15, 0.2) is 0 Å². The molecule has 22 heavy (non-hydrogen) atoms. The van der Waals surface area contributed by atoms with Crippen molar-refractivity contribution in [2.24, 2.45) is 0 Å². The summed E-state index contributed by atoms with van der Waals surface area (Å²) in [7, 11) is -3.77. The van der Waals surface area contributed by atoms with Crippen molar-refractivity contribution in [3.8, 4) is 0 Å². The lowest BCUT2D eigenvalue weighted by atomic mass is 10.2. The molecule has 2 aromatic rings. The number of hydrogen-bond donors (Lipinski definition) is 1. The maximum Gasteiger partial charge on any atom is 0.215 e. The van der Waals surface area contributed by atoms with Crippen molar-refractivity contribution in [3.05, 3.63) is 47.0 Å². The molecule has 0 bridgehead atoms. The Morgan fingerprint density at radius 2 is 2.00 bits per heavy atom. The van der Waals surface area contributed by atoms with E-state index in [1.54, 1.807) is 6.20 Å². The van der Waals surface area contributed by atoms with Crippen molar-refractivity contribution < 1.29 is 17.2 Å². The molecule has 0 atom stereocenters. The molecule has 0 aliphatic heterocycles. The highest BCUT2D eigenvalue weighted by atomic mass is 32.2. The SMILES string of the molecule is O=S(=O)(Cc1c(F)cccc1F)NCCCSc1nccs1. The summed E-state index contributed by atoms with van der Waals surface area (Å²) >= 11 is 3.06. The van der Waals surface area contributed by atoms with Crippen molar-refractivity contribution in [2.75, 3.05) is 12.3 Å². The largest absolute Gasteiger partial charge is 0.238 e. The van der Waals surface area contributed by atoms with E-state index in [4.69, 9.17) is 0 Å². The summed E-state index contributed by atoms with van der Waals surface area (Å²) in [6.07, 6.45) is 2.31. The molecule has 1 aromatic carbocycles. The Morgan fingerprint density at radius 1 is 1.27 bits per heavy atom. The molecule has 1 heterocycles. The summed E-state index contributed by atoms with van der Waals surface area (Å²) in [5.41, 5.74) is -0.438. The molecule has 2 rings (SSSR count). The topological polar surface area (TPSA) is 59.1 Å². The number of aromatic nitrogens is 1. The normalized spacial score (nSPS) is 11.7. The predicted molar refractivity (Wildman–Crippen MR) is 84.4 cm³/mol. The van der Waals surface area contributed by atoms with Crippen LogP contribution in [-0.4, -0.2) is 25.7 Å². The zero-order valence-corrected chi connectivity index (χ0v) is 13.9. The molecule has 0 fully saturated rings. The zero-order valence-electron chi connectivity index (χ0n) is 11.5. The second kappa shape index (κ2) is 8.00. The van der Waals surface area contributed by atoms with Crippen LogP contribution >= 0.6 is 23.1 Å². The Bertz CT molecular complexity index is 686. The Kier molecular flexibility index (Phi) is 6.30. The van der Waals surface area contributed by atoms with Crippen LogP contribution in [0.2, 0.25) is 0 Å². The summed E-state index contributed by atoms with van der Waals surface area (Å²) < 4.78 is 53.8. The van der Waals surface area contributed by atoms with Gasteiger partial charge < -0.3 is 0 Å². The smallest absolute Gasteiger partial charge is 0.215 e.